The molecule has 100 valence electrons. The van der Waals surface area contributed by atoms with Crippen molar-refractivity contribution in [3.05, 3.63) is 41.2 Å². The van der Waals surface area contributed by atoms with Crippen LogP contribution in [0.25, 0.3) is 5.69 Å². The Labute approximate surface area is 108 Å². The molecule has 0 atom stereocenters. The Morgan fingerprint density at radius 2 is 2.05 bits per heavy atom. The number of hydrogen-bond acceptors (Lipinski definition) is 3. The molecule has 1 aromatic heterocycles. The van der Waals surface area contributed by atoms with Crippen LogP contribution in [-0.2, 0) is 0 Å². The van der Waals surface area contributed by atoms with Crippen LogP contribution in [0.2, 0.25) is 0 Å². The Balaban J connectivity index is 2.64. The largest absolute Gasteiger partial charge is 0.399 e. The average Bonchev–Trinajstić information content (AvgIpc) is 2.71. The molecule has 0 amide bonds. The van der Waals surface area contributed by atoms with E-state index in [1.807, 2.05) is 0 Å². The molecule has 0 saturated carbocycles. The molecular weight excluding hydrogens is 252 g/mol. The topological polar surface area (TPSA) is 60.9 Å². The number of carbonyl (C=O) groups is 1. The zero-order chi connectivity index (χ0) is 14.2. The fourth-order valence-corrected chi connectivity index (χ4v) is 1.87. The summed E-state index contributed by atoms with van der Waals surface area (Å²) in [4.78, 5) is 11.6. The van der Waals surface area contributed by atoms with Gasteiger partial charge in [0.15, 0.2) is 5.78 Å². The molecule has 6 heteroatoms. The van der Waals surface area contributed by atoms with Gasteiger partial charge in [0.2, 0.25) is 0 Å². The number of aryl methyl sites for hydroxylation is 1. The second-order valence-corrected chi connectivity index (χ2v) is 4.26. The molecule has 0 radical (unpaired) electrons. The zero-order valence-corrected chi connectivity index (χ0v) is 10.5. The molecule has 0 spiro atoms. The van der Waals surface area contributed by atoms with Gasteiger partial charge in [-0.2, -0.15) is 5.10 Å². The third kappa shape index (κ3) is 2.47. The predicted molar refractivity (Wildman–Crippen MR) is 67.7 cm³/mol. The molecule has 2 N–H and O–H groups in total. The number of halogens is 2. The number of carbonyl (C=O) groups excluding carboxylic acids is 1. The molecule has 19 heavy (non-hydrogen) atoms. The summed E-state index contributed by atoms with van der Waals surface area (Å²) < 4.78 is 26.6. The lowest BCUT2D eigenvalue weighted by molar-refractivity contribution is 0.101. The molecule has 0 aliphatic rings. The molecule has 0 bridgehead atoms. The minimum atomic E-state index is -2.65. The van der Waals surface area contributed by atoms with E-state index in [9.17, 15) is 13.6 Å². The molecule has 1 aromatic carbocycles. The van der Waals surface area contributed by atoms with Gasteiger partial charge in [-0.15, -0.1) is 0 Å². The molecule has 0 aliphatic carbocycles. The van der Waals surface area contributed by atoms with Crippen LogP contribution in [-0.4, -0.2) is 15.6 Å². The third-order valence-electron chi connectivity index (χ3n) is 2.76. The summed E-state index contributed by atoms with van der Waals surface area (Å²) in [5, 5.41) is 3.82. The number of nitrogens with two attached hydrogens (primary N) is 1. The molecule has 1 heterocycles. The molecular formula is C13H13F2N3O. The van der Waals surface area contributed by atoms with E-state index in [0.717, 1.165) is 0 Å². The number of ketones is 1. The summed E-state index contributed by atoms with van der Waals surface area (Å²) in [6, 6.07) is 5.99. The van der Waals surface area contributed by atoms with Gasteiger partial charge in [-0.3, -0.25) is 4.79 Å². The van der Waals surface area contributed by atoms with Crippen LogP contribution in [0.15, 0.2) is 24.3 Å². The average molecular weight is 265 g/mol. The number of Topliss-reactive ketones (excluding diaryl/α,β-unsaturated/α-hetero) is 1. The molecule has 0 saturated heterocycles. The van der Waals surface area contributed by atoms with Crippen LogP contribution in [0.4, 0.5) is 14.5 Å². The predicted octanol–water partition coefficient (Wildman–Crippen LogP) is 2.90. The summed E-state index contributed by atoms with van der Waals surface area (Å²) in [5.74, 6) is -0.177. The van der Waals surface area contributed by atoms with Crippen LogP contribution in [0.1, 0.15) is 35.1 Å². The summed E-state index contributed by atoms with van der Waals surface area (Å²) in [7, 11) is 0. The van der Waals surface area contributed by atoms with E-state index in [1.54, 1.807) is 25.1 Å². The molecule has 4 nitrogen and oxygen atoms in total. The van der Waals surface area contributed by atoms with Crippen molar-refractivity contribution in [2.24, 2.45) is 0 Å². The Morgan fingerprint density at radius 3 is 2.58 bits per heavy atom. The number of alkyl halides is 2. The minimum Gasteiger partial charge on any atom is -0.399 e. The quantitative estimate of drug-likeness (QED) is 0.685. The van der Waals surface area contributed by atoms with Crippen LogP contribution in [0.3, 0.4) is 0 Å². The van der Waals surface area contributed by atoms with Crippen molar-refractivity contribution in [2.45, 2.75) is 20.3 Å². The maximum Gasteiger partial charge on any atom is 0.282 e. The maximum absolute atomic E-state index is 12.6. The first kappa shape index (κ1) is 13.2. The Hall–Kier alpha value is -2.24. The van der Waals surface area contributed by atoms with Crippen molar-refractivity contribution in [1.82, 2.24) is 9.78 Å². The Bertz CT molecular complexity index is 635. The van der Waals surface area contributed by atoms with E-state index in [-0.39, 0.29) is 11.5 Å². The lowest BCUT2D eigenvalue weighted by Crippen LogP contribution is -2.07. The van der Waals surface area contributed by atoms with Gasteiger partial charge < -0.3 is 5.73 Å². The monoisotopic (exact) mass is 265 g/mol. The van der Waals surface area contributed by atoms with Crippen molar-refractivity contribution < 1.29 is 13.6 Å². The number of aromatic nitrogens is 2. The highest BCUT2D eigenvalue weighted by Gasteiger charge is 2.17. The smallest absolute Gasteiger partial charge is 0.282 e. The fraction of sp³-hybridized carbons (Fsp3) is 0.231. The van der Waals surface area contributed by atoms with Gasteiger partial charge in [-0.1, -0.05) is 0 Å². The first-order valence-electron chi connectivity index (χ1n) is 5.65. The van der Waals surface area contributed by atoms with Crippen molar-refractivity contribution in [1.29, 1.82) is 0 Å². The Morgan fingerprint density at radius 1 is 1.37 bits per heavy atom. The van der Waals surface area contributed by atoms with Crippen molar-refractivity contribution in [3.8, 4) is 5.69 Å². The summed E-state index contributed by atoms with van der Waals surface area (Å²) in [6.45, 7) is 3.05. The van der Waals surface area contributed by atoms with E-state index in [0.29, 0.717) is 22.6 Å². The lowest BCUT2D eigenvalue weighted by atomic mass is 10.1. The summed E-state index contributed by atoms with van der Waals surface area (Å²) >= 11 is 0. The number of nitrogen functional groups attached to an aromatic ring is 1. The first-order chi connectivity index (χ1) is 8.90. The highest BCUT2D eigenvalue weighted by Crippen LogP contribution is 2.24. The van der Waals surface area contributed by atoms with Gasteiger partial charge in [0.1, 0.15) is 5.69 Å². The van der Waals surface area contributed by atoms with Gasteiger partial charge in [0, 0.05) is 16.9 Å². The van der Waals surface area contributed by atoms with Gasteiger partial charge in [-0.25, -0.2) is 13.5 Å². The van der Waals surface area contributed by atoms with E-state index in [2.05, 4.69) is 5.10 Å². The van der Waals surface area contributed by atoms with Gasteiger partial charge >= 0.3 is 0 Å². The highest BCUT2D eigenvalue weighted by molar-refractivity contribution is 5.98. The standard InChI is InChI=1S/C13H13F2N3O/c1-7-5-11(13(14)15)17-18(7)12-6-9(16)3-4-10(12)8(2)19/h3-6,13H,16H2,1-2H3. The summed E-state index contributed by atoms with van der Waals surface area (Å²) in [6.07, 6.45) is -2.65. The molecule has 0 fully saturated rings. The summed E-state index contributed by atoms with van der Waals surface area (Å²) in [5.41, 5.74) is 7.12. The van der Waals surface area contributed by atoms with Crippen LogP contribution in [0, 0.1) is 6.92 Å². The van der Waals surface area contributed by atoms with E-state index in [4.69, 9.17) is 5.73 Å². The van der Waals surface area contributed by atoms with Crippen molar-refractivity contribution in [3.63, 3.8) is 0 Å². The zero-order valence-electron chi connectivity index (χ0n) is 10.5. The Kier molecular flexibility index (Phi) is 3.33. The number of hydrogen-bond donors (Lipinski definition) is 1. The fourth-order valence-electron chi connectivity index (χ4n) is 1.87. The first-order valence-corrected chi connectivity index (χ1v) is 5.65. The number of anilines is 1. The van der Waals surface area contributed by atoms with E-state index < -0.39 is 6.43 Å². The van der Waals surface area contributed by atoms with Crippen LogP contribution in [0.5, 0.6) is 0 Å². The van der Waals surface area contributed by atoms with Gasteiger partial charge in [0.25, 0.3) is 6.43 Å². The van der Waals surface area contributed by atoms with Crippen molar-refractivity contribution in [2.75, 3.05) is 5.73 Å². The third-order valence-corrected chi connectivity index (χ3v) is 2.76. The molecule has 0 unspecified atom stereocenters. The van der Waals surface area contributed by atoms with Gasteiger partial charge in [-0.05, 0) is 38.1 Å². The normalized spacial score (nSPS) is 11.0. The molecule has 0 aliphatic heterocycles. The number of benzene rings is 1. The van der Waals surface area contributed by atoms with Crippen LogP contribution < -0.4 is 5.73 Å². The SMILES string of the molecule is CC(=O)c1ccc(N)cc1-n1nc(C(F)F)cc1C. The maximum atomic E-state index is 12.6. The minimum absolute atomic E-state index is 0.177. The molecule has 2 rings (SSSR count). The second-order valence-electron chi connectivity index (χ2n) is 4.26. The van der Waals surface area contributed by atoms with E-state index >= 15 is 0 Å². The van der Waals surface area contributed by atoms with E-state index in [1.165, 1.54) is 17.7 Å². The van der Waals surface area contributed by atoms with Gasteiger partial charge in [0.05, 0.1) is 5.69 Å². The highest BCUT2D eigenvalue weighted by atomic mass is 19.3. The van der Waals surface area contributed by atoms with Crippen molar-refractivity contribution >= 4 is 11.5 Å². The second kappa shape index (κ2) is 4.79. The number of nitrogens with zero attached hydrogens (tertiary/aromatic N) is 2. The molecule has 2 aromatic rings. The number of rotatable bonds is 3. The van der Waals surface area contributed by atoms with Crippen LogP contribution >= 0.6 is 0 Å². The lowest BCUT2D eigenvalue weighted by Gasteiger charge is -2.10.